The number of piperidine rings is 1. The van der Waals surface area contributed by atoms with E-state index >= 15 is 0 Å². The van der Waals surface area contributed by atoms with Crippen LogP contribution in [0.1, 0.15) is 61.8 Å². The highest BCUT2D eigenvalue weighted by molar-refractivity contribution is 5.93. The minimum atomic E-state index is -0.393. The van der Waals surface area contributed by atoms with Crippen molar-refractivity contribution in [1.82, 2.24) is 19.8 Å². The third-order valence-corrected chi connectivity index (χ3v) is 6.39. The molecule has 0 radical (unpaired) electrons. The molecule has 32 heavy (non-hydrogen) atoms. The molecule has 2 heterocycles. The summed E-state index contributed by atoms with van der Waals surface area (Å²) in [6.45, 7) is 11.6. The minimum absolute atomic E-state index is 0.0464. The number of benzene rings is 1. The smallest absolute Gasteiger partial charge is 0.256 e. The largest absolute Gasteiger partial charge is 0.508 e. The molecular formula is C25H36N4O3. The normalized spacial score (nSPS) is 16.1. The molecule has 1 aromatic carbocycles. The Labute approximate surface area is 191 Å². The summed E-state index contributed by atoms with van der Waals surface area (Å²) >= 11 is 0. The fourth-order valence-electron chi connectivity index (χ4n) is 4.42. The Morgan fingerprint density at radius 2 is 1.81 bits per heavy atom. The van der Waals surface area contributed by atoms with Crippen LogP contribution in [0.15, 0.2) is 36.7 Å². The lowest BCUT2D eigenvalue weighted by Gasteiger charge is -2.41. The predicted molar refractivity (Wildman–Crippen MR) is 125 cm³/mol. The molecule has 1 aliphatic rings. The van der Waals surface area contributed by atoms with Crippen LogP contribution in [-0.4, -0.2) is 76.7 Å². The van der Waals surface area contributed by atoms with Gasteiger partial charge in [-0.15, -0.1) is 0 Å². The highest BCUT2D eigenvalue weighted by Gasteiger charge is 2.40. The first kappa shape index (κ1) is 24.1. The second-order valence-corrected chi connectivity index (χ2v) is 8.36. The van der Waals surface area contributed by atoms with Crippen LogP contribution >= 0.6 is 0 Å². The number of phenols is 1. The molecule has 0 aliphatic carbocycles. The van der Waals surface area contributed by atoms with E-state index < -0.39 is 5.41 Å². The lowest BCUT2D eigenvalue weighted by atomic mass is 9.72. The van der Waals surface area contributed by atoms with Crippen molar-refractivity contribution < 1.29 is 14.6 Å². The van der Waals surface area contributed by atoms with E-state index in [1.807, 2.05) is 32.0 Å². The zero-order valence-corrected chi connectivity index (χ0v) is 19.6. The minimum Gasteiger partial charge on any atom is -0.508 e. The molecule has 1 N–H and O–H groups in total. The Bertz CT molecular complexity index is 860. The second-order valence-electron chi connectivity index (χ2n) is 8.36. The number of carbonyl (C=O) groups is 1. The van der Waals surface area contributed by atoms with Crippen LogP contribution in [0.4, 0.5) is 0 Å². The first-order valence-corrected chi connectivity index (χ1v) is 11.8. The van der Waals surface area contributed by atoms with Gasteiger partial charge in [0.15, 0.2) is 0 Å². The quantitative estimate of drug-likeness (QED) is 0.570. The number of aromatic nitrogens is 2. The van der Waals surface area contributed by atoms with Crippen molar-refractivity contribution in [3.05, 3.63) is 53.6 Å². The third kappa shape index (κ3) is 5.45. The van der Waals surface area contributed by atoms with Gasteiger partial charge in [0.1, 0.15) is 11.6 Å². The Hall–Kier alpha value is -2.51. The van der Waals surface area contributed by atoms with Gasteiger partial charge < -0.3 is 19.6 Å². The fourth-order valence-corrected chi connectivity index (χ4v) is 4.42. The van der Waals surface area contributed by atoms with Gasteiger partial charge in [-0.3, -0.25) is 4.79 Å². The van der Waals surface area contributed by atoms with Crippen LogP contribution < -0.4 is 0 Å². The van der Waals surface area contributed by atoms with Crippen LogP contribution in [0.5, 0.6) is 5.75 Å². The first-order valence-electron chi connectivity index (χ1n) is 11.8. The van der Waals surface area contributed by atoms with Crippen molar-refractivity contribution in [3.63, 3.8) is 0 Å². The SMILES string of the molecule is CCCOCCN1CCC(c2cccc(O)c2)(c2ncc(C(=O)N(CC)CC)cn2)CC1. The van der Waals surface area contributed by atoms with Gasteiger partial charge in [-0.25, -0.2) is 9.97 Å². The zero-order valence-electron chi connectivity index (χ0n) is 19.6. The van der Waals surface area contributed by atoms with Crippen LogP contribution in [-0.2, 0) is 10.2 Å². The molecule has 7 nitrogen and oxygen atoms in total. The molecule has 1 aromatic heterocycles. The van der Waals surface area contributed by atoms with Crippen molar-refractivity contribution in [2.24, 2.45) is 0 Å². The summed E-state index contributed by atoms with van der Waals surface area (Å²) < 4.78 is 5.66. The van der Waals surface area contributed by atoms with Gasteiger partial charge in [0.2, 0.25) is 0 Å². The summed E-state index contributed by atoms with van der Waals surface area (Å²) in [4.78, 5) is 26.2. The average Bonchev–Trinajstić information content (AvgIpc) is 2.83. The summed E-state index contributed by atoms with van der Waals surface area (Å²) in [6.07, 6.45) is 6.02. The maximum Gasteiger partial charge on any atom is 0.256 e. The molecule has 1 saturated heterocycles. The number of phenolic OH excluding ortho intramolecular Hbond substituents is 1. The maximum absolute atomic E-state index is 12.7. The van der Waals surface area contributed by atoms with Crippen molar-refractivity contribution in [1.29, 1.82) is 0 Å². The summed E-state index contributed by atoms with van der Waals surface area (Å²) in [5, 5.41) is 10.1. The van der Waals surface area contributed by atoms with Gasteiger partial charge in [0, 0.05) is 38.6 Å². The van der Waals surface area contributed by atoms with Crippen molar-refractivity contribution >= 4 is 5.91 Å². The molecule has 0 saturated carbocycles. The lowest BCUT2D eigenvalue weighted by molar-refractivity contribution is 0.0771. The molecule has 0 unspecified atom stereocenters. The molecule has 1 fully saturated rings. The summed E-state index contributed by atoms with van der Waals surface area (Å²) in [7, 11) is 0. The first-order chi connectivity index (χ1) is 15.5. The molecule has 3 rings (SSSR count). The summed E-state index contributed by atoms with van der Waals surface area (Å²) in [5.74, 6) is 0.904. The van der Waals surface area contributed by atoms with E-state index in [1.54, 1.807) is 23.4 Å². The summed E-state index contributed by atoms with van der Waals surface area (Å²) in [5.41, 5.74) is 1.13. The Kier molecular flexibility index (Phi) is 8.59. The standard InChI is InChI=1S/C25H36N4O3/c1-4-15-32-16-14-28-12-10-25(11-13-28,21-8-7-9-22(30)17-21)24-26-18-20(19-27-24)23(31)29(5-2)6-3/h7-9,17-19,30H,4-6,10-16H2,1-3H3. The van der Waals surface area contributed by atoms with E-state index in [1.165, 1.54) is 0 Å². The van der Waals surface area contributed by atoms with Crippen LogP contribution in [0.25, 0.3) is 0 Å². The molecule has 0 spiro atoms. The topological polar surface area (TPSA) is 78.8 Å². The fraction of sp³-hybridized carbons (Fsp3) is 0.560. The van der Waals surface area contributed by atoms with Gasteiger partial charge >= 0.3 is 0 Å². The van der Waals surface area contributed by atoms with Gasteiger partial charge in [-0.1, -0.05) is 19.1 Å². The van der Waals surface area contributed by atoms with E-state index in [0.29, 0.717) is 24.5 Å². The Morgan fingerprint density at radius 3 is 2.41 bits per heavy atom. The lowest BCUT2D eigenvalue weighted by Crippen LogP contribution is -2.45. The van der Waals surface area contributed by atoms with Gasteiger partial charge in [-0.2, -0.15) is 0 Å². The number of aromatic hydroxyl groups is 1. The number of hydrogen-bond donors (Lipinski definition) is 1. The molecule has 1 amide bonds. The van der Waals surface area contributed by atoms with Crippen LogP contribution in [0.3, 0.4) is 0 Å². The molecule has 2 aromatic rings. The summed E-state index contributed by atoms with van der Waals surface area (Å²) in [6, 6.07) is 7.41. The number of rotatable bonds is 10. The highest BCUT2D eigenvalue weighted by Crippen LogP contribution is 2.40. The Morgan fingerprint density at radius 1 is 1.12 bits per heavy atom. The number of likely N-dealkylation sites (tertiary alicyclic amines) is 1. The van der Waals surface area contributed by atoms with Crippen molar-refractivity contribution in [3.8, 4) is 5.75 Å². The zero-order chi connectivity index (χ0) is 23.0. The number of amides is 1. The number of hydrogen-bond acceptors (Lipinski definition) is 6. The van der Waals surface area contributed by atoms with E-state index in [-0.39, 0.29) is 11.7 Å². The molecule has 174 valence electrons. The molecule has 0 bridgehead atoms. The van der Waals surface area contributed by atoms with E-state index in [9.17, 15) is 9.90 Å². The molecule has 0 atom stereocenters. The van der Waals surface area contributed by atoms with Crippen LogP contribution in [0.2, 0.25) is 0 Å². The number of nitrogens with zero attached hydrogens (tertiary/aromatic N) is 4. The van der Waals surface area contributed by atoms with Gasteiger partial charge in [0.25, 0.3) is 5.91 Å². The Balaban J connectivity index is 1.83. The van der Waals surface area contributed by atoms with E-state index in [4.69, 9.17) is 4.74 Å². The monoisotopic (exact) mass is 440 g/mol. The molecular weight excluding hydrogens is 404 g/mol. The second kappa shape index (κ2) is 11.4. The number of ether oxygens (including phenoxy) is 1. The number of carbonyl (C=O) groups excluding carboxylic acids is 1. The van der Waals surface area contributed by atoms with Gasteiger partial charge in [-0.05, 0) is 63.9 Å². The third-order valence-electron chi connectivity index (χ3n) is 6.39. The van der Waals surface area contributed by atoms with Gasteiger partial charge in [0.05, 0.1) is 17.6 Å². The molecule has 1 aliphatic heterocycles. The van der Waals surface area contributed by atoms with E-state index in [0.717, 1.165) is 57.7 Å². The van der Waals surface area contributed by atoms with Crippen molar-refractivity contribution in [2.45, 2.75) is 45.4 Å². The maximum atomic E-state index is 12.7. The van der Waals surface area contributed by atoms with Crippen LogP contribution in [0, 0.1) is 0 Å². The van der Waals surface area contributed by atoms with Crippen molar-refractivity contribution in [2.75, 3.05) is 45.9 Å². The highest BCUT2D eigenvalue weighted by atomic mass is 16.5. The average molecular weight is 441 g/mol. The molecule has 7 heteroatoms. The van der Waals surface area contributed by atoms with E-state index in [2.05, 4.69) is 21.8 Å². The predicted octanol–water partition coefficient (Wildman–Crippen LogP) is 3.47.